The Morgan fingerprint density at radius 1 is 0.962 bits per heavy atom. The van der Waals surface area contributed by atoms with Gasteiger partial charge in [0.1, 0.15) is 0 Å². The van der Waals surface area contributed by atoms with E-state index in [0.29, 0.717) is 30.2 Å². The summed E-state index contributed by atoms with van der Waals surface area (Å²) >= 11 is 0. The first-order valence-corrected chi connectivity index (χ1v) is 9.76. The van der Waals surface area contributed by atoms with Gasteiger partial charge in [0.25, 0.3) is 0 Å². The van der Waals surface area contributed by atoms with Crippen molar-refractivity contribution in [1.82, 2.24) is 5.32 Å². The summed E-state index contributed by atoms with van der Waals surface area (Å²) in [4.78, 5) is 22.2. The van der Waals surface area contributed by atoms with Gasteiger partial charge in [-0.1, -0.05) is 42.5 Å². The Hall–Kier alpha value is -2.67. The van der Waals surface area contributed by atoms with E-state index in [2.05, 4.69) is 10.6 Å². The molecule has 26 heavy (non-hydrogen) atoms. The Kier molecular flexibility index (Phi) is 7.82. The number of aliphatic carboxylic acids is 1. The van der Waals surface area contributed by atoms with Crippen molar-refractivity contribution in [3.05, 3.63) is 65.7 Å². The van der Waals surface area contributed by atoms with Crippen LogP contribution in [0.5, 0.6) is 0 Å². The molecule has 0 bridgehead atoms. The van der Waals surface area contributed by atoms with Crippen molar-refractivity contribution in [2.24, 2.45) is 0 Å². The van der Waals surface area contributed by atoms with Crippen molar-refractivity contribution in [2.45, 2.75) is 24.3 Å². The van der Waals surface area contributed by atoms with Crippen molar-refractivity contribution >= 4 is 28.5 Å². The first-order valence-electron chi connectivity index (χ1n) is 8.27. The van der Waals surface area contributed by atoms with Crippen LogP contribution in [0.2, 0.25) is 0 Å². The first kappa shape index (κ1) is 19.7. The number of urea groups is 1. The molecule has 7 heteroatoms. The lowest BCUT2D eigenvalue weighted by Gasteiger charge is -2.09. The van der Waals surface area contributed by atoms with Crippen LogP contribution in [0.25, 0.3) is 0 Å². The number of rotatable bonds is 9. The summed E-state index contributed by atoms with van der Waals surface area (Å²) in [6.07, 6.45) is 0.393. The molecule has 0 radical (unpaired) electrons. The summed E-state index contributed by atoms with van der Waals surface area (Å²) in [5.74, 6) is 0.0103. The molecule has 0 aromatic heterocycles. The molecule has 2 aromatic carbocycles. The van der Waals surface area contributed by atoms with Gasteiger partial charge in [-0.05, 0) is 29.7 Å². The van der Waals surface area contributed by atoms with E-state index in [9.17, 15) is 13.8 Å². The van der Waals surface area contributed by atoms with Crippen LogP contribution in [0.3, 0.4) is 0 Å². The van der Waals surface area contributed by atoms with E-state index in [1.54, 1.807) is 18.2 Å². The van der Waals surface area contributed by atoms with Crippen LogP contribution >= 0.6 is 0 Å². The lowest BCUT2D eigenvalue weighted by Crippen LogP contribution is -2.29. The van der Waals surface area contributed by atoms with Gasteiger partial charge in [0.15, 0.2) is 0 Å². The van der Waals surface area contributed by atoms with Crippen LogP contribution in [-0.4, -0.2) is 27.9 Å². The Morgan fingerprint density at radius 2 is 1.65 bits per heavy atom. The number of carbonyl (C=O) groups excluding carboxylic acids is 1. The van der Waals surface area contributed by atoms with E-state index in [0.717, 1.165) is 11.1 Å². The number of nitrogens with one attached hydrogen (secondary N) is 2. The Balaban J connectivity index is 1.82. The predicted molar refractivity (Wildman–Crippen MR) is 102 cm³/mol. The molecule has 0 saturated carbocycles. The SMILES string of the molecule is O=C(O)CCCNC(=O)Nc1cccc(CS(=O)Cc2ccccc2)c1. The molecule has 1 unspecified atom stereocenters. The van der Waals surface area contributed by atoms with Gasteiger partial charge in [-0.2, -0.15) is 0 Å². The molecule has 3 N–H and O–H groups in total. The molecule has 0 heterocycles. The van der Waals surface area contributed by atoms with Gasteiger partial charge < -0.3 is 15.7 Å². The van der Waals surface area contributed by atoms with E-state index >= 15 is 0 Å². The summed E-state index contributed by atoms with van der Waals surface area (Å²) < 4.78 is 12.3. The maximum atomic E-state index is 12.3. The lowest BCUT2D eigenvalue weighted by molar-refractivity contribution is -0.137. The maximum absolute atomic E-state index is 12.3. The largest absolute Gasteiger partial charge is 0.481 e. The monoisotopic (exact) mass is 374 g/mol. The topological polar surface area (TPSA) is 95.5 Å². The summed E-state index contributed by atoms with van der Waals surface area (Å²) in [6, 6.07) is 16.5. The van der Waals surface area contributed by atoms with Crippen molar-refractivity contribution in [3.63, 3.8) is 0 Å². The fraction of sp³-hybridized carbons (Fsp3) is 0.263. The molecule has 0 saturated heterocycles. The molecule has 0 aliphatic rings. The van der Waals surface area contributed by atoms with E-state index in [-0.39, 0.29) is 6.42 Å². The minimum atomic E-state index is -1.04. The van der Waals surface area contributed by atoms with E-state index < -0.39 is 22.8 Å². The standard InChI is InChI=1S/C19H22N2O4S/c22-18(23)10-5-11-20-19(24)21-17-9-4-8-16(12-17)14-26(25)13-15-6-2-1-3-7-15/h1-4,6-9,12H,5,10-11,13-14H2,(H,22,23)(H2,20,21,24). The average molecular weight is 374 g/mol. The van der Waals surface area contributed by atoms with Crippen LogP contribution in [0.15, 0.2) is 54.6 Å². The zero-order valence-electron chi connectivity index (χ0n) is 14.3. The summed E-state index contributed by atoms with van der Waals surface area (Å²) in [5.41, 5.74) is 2.51. The first-order chi connectivity index (χ1) is 12.5. The van der Waals surface area contributed by atoms with Crippen LogP contribution in [0.1, 0.15) is 24.0 Å². The smallest absolute Gasteiger partial charge is 0.319 e. The highest BCUT2D eigenvalue weighted by atomic mass is 32.2. The maximum Gasteiger partial charge on any atom is 0.319 e. The highest BCUT2D eigenvalue weighted by Crippen LogP contribution is 2.14. The van der Waals surface area contributed by atoms with Gasteiger partial charge in [-0.25, -0.2) is 4.79 Å². The van der Waals surface area contributed by atoms with Gasteiger partial charge in [0, 0.05) is 41.0 Å². The van der Waals surface area contributed by atoms with Crippen molar-refractivity contribution < 1.29 is 18.9 Å². The predicted octanol–water partition coefficient (Wildman–Crippen LogP) is 3.12. The molecule has 0 spiro atoms. The van der Waals surface area contributed by atoms with Crippen LogP contribution < -0.4 is 10.6 Å². The van der Waals surface area contributed by atoms with Crippen LogP contribution in [-0.2, 0) is 27.1 Å². The third-order valence-electron chi connectivity index (χ3n) is 3.54. The van der Waals surface area contributed by atoms with Gasteiger partial charge in [-0.15, -0.1) is 0 Å². The number of hydrogen-bond donors (Lipinski definition) is 3. The third kappa shape index (κ3) is 7.48. The third-order valence-corrected chi connectivity index (χ3v) is 4.85. The van der Waals surface area contributed by atoms with Gasteiger partial charge in [-0.3, -0.25) is 9.00 Å². The number of anilines is 1. The number of amides is 2. The fourth-order valence-corrected chi connectivity index (χ4v) is 3.57. The minimum Gasteiger partial charge on any atom is -0.481 e. The second kappa shape index (κ2) is 10.4. The molecular formula is C19H22N2O4S. The highest BCUT2D eigenvalue weighted by Gasteiger charge is 2.06. The van der Waals surface area contributed by atoms with Crippen LogP contribution in [0, 0.1) is 0 Å². The molecule has 138 valence electrons. The minimum absolute atomic E-state index is 0.0169. The Bertz CT molecular complexity index is 765. The molecule has 0 aliphatic carbocycles. The van der Waals surface area contributed by atoms with Gasteiger partial charge >= 0.3 is 12.0 Å². The Morgan fingerprint density at radius 3 is 2.38 bits per heavy atom. The van der Waals surface area contributed by atoms with Gasteiger partial charge in [0.2, 0.25) is 0 Å². The molecule has 2 amide bonds. The number of carbonyl (C=O) groups is 2. The van der Waals surface area contributed by atoms with E-state index in [4.69, 9.17) is 5.11 Å². The quantitative estimate of drug-likeness (QED) is 0.588. The fourth-order valence-electron chi connectivity index (χ4n) is 2.35. The molecule has 0 aliphatic heterocycles. The summed E-state index contributed by atoms with van der Waals surface area (Å²) in [7, 11) is -1.04. The lowest BCUT2D eigenvalue weighted by atomic mass is 10.2. The molecular weight excluding hydrogens is 352 g/mol. The second-order valence-electron chi connectivity index (χ2n) is 5.79. The molecule has 0 fully saturated rings. The zero-order chi connectivity index (χ0) is 18.8. The van der Waals surface area contributed by atoms with Gasteiger partial charge in [0.05, 0.1) is 0 Å². The van der Waals surface area contributed by atoms with Crippen molar-refractivity contribution in [3.8, 4) is 0 Å². The number of carboxylic acid groups (broad SMARTS) is 1. The van der Waals surface area contributed by atoms with Crippen molar-refractivity contribution in [1.29, 1.82) is 0 Å². The second-order valence-corrected chi connectivity index (χ2v) is 7.25. The summed E-state index contributed by atoms with van der Waals surface area (Å²) in [6.45, 7) is 0.291. The number of benzene rings is 2. The molecule has 2 rings (SSSR count). The van der Waals surface area contributed by atoms with Crippen molar-refractivity contribution in [2.75, 3.05) is 11.9 Å². The zero-order valence-corrected chi connectivity index (χ0v) is 15.1. The van der Waals surface area contributed by atoms with E-state index in [1.165, 1.54) is 0 Å². The summed E-state index contributed by atoms with van der Waals surface area (Å²) in [5, 5.41) is 13.9. The molecule has 1 atom stereocenters. The molecule has 6 nitrogen and oxygen atoms in total. The Labute approximate surface area is 155 Å². The number of carboxylic acids is 1. The highest BCUT2D eigenvalue weighted by molar-refractivity contribution is 7.83. The van der Waals surface area contributed by atoms with Crippen LogP contribution in [0.4, 0.5) is 10.5 Å². The number of hydrogen-bond acceptors (Lipinski definition) is 3. The molecule has 2 aromatic rings. The average Bonchev–Trinajstić information content (AvgIpc) is 2.59. The normalized spacial score (nSPS) is 11.5. The van der Waals surface area contributed by atoms with E-state index in [1.807, 2.05) is 36.4 Å².